The minimum Gasteiger partial charge on any atom is -0.450 e. The lowest BCUT2D eigenvalue weighted by Gasteiger charge is -2.07. The minimum absolute atomic E-state index is 0.319. The van der Waals surface area contributed by atoms with Crippen molar-refractivity contribution in [2.45, 2.75) is 39.7 Å². The Balaban J connectivity index is 2.04. The highest BCUT2D eigenvalue weighted by molar-refractivity contribution is 5.66. The molecule has 0 aromatic carbocycles. The van der Waals surface area contributed by atoms with Crippen molar-refractivity contribution in [3.05, 3.63) is 18.2 Å². The molecule has 1 rings (SSSR count). The first-order valence-corrected chi connectivity index (χ1v) is 6.12. The van der Waals surface area contributed by atoms with Gasteiger partial charge >= 0.3 is 6.09 Å². The standard InChI is InChI=1S/C12H21N3O2/c1-3-4-10-17-12(16)14-6-5-8-15-9-7-13-11(15)2/h7,9H,3-6,8,10H2,1-2H3,(H,14,16). The summed E-state index contributed by atoms with van der Waals surface area (Å²) in [4.78, 5) is 15.3. The summed E-state index contributed by atoms with van der Waals surface area (Å²) >= 11 is 0. The summed E-state index contributed by atoms with van der Waals surface area (Å²) in [6.07, 6.45) is 6.23. The third-order valence-corrected chi connectivity index (χ3v) is 2.50. The molecule has 0 bridgehead atoms. The summed E-state index contributed by atoms with van der Waals surface area (Å²) in [5, 5.41) is 2.73. The highest BCUT2D eigenvalue weighted by Gasteiger charge is 2.00. The number of aromatic nitrogens is 2. The van der Waals surface area contributed by atoms with Gasteiger partial charge in [0.25, 0.3) is 0 Å². The van der Waals surface area contributed by atoms with Crippen molar-refractivity contribution in [2.24, 2.45) is 0 Å². The smallest absolute Gasteiger partial charge is 0.407 e. The number of carbonyl (C=O) groups excluding carboxylic acids is 1. The first-order chi connectivity index (χ1) is 8.24. The van der Waals surface area contributed by atoms with E-state index in [1.165, 1.54) is 0 Å². The number of hydrogen-bond donors (Lipinski definition) is 1. The van der Waals surface area contributed by atoms with Crippen LogP contribution in [0.2, 0.25) is 0 Å². The largest absolute Gasteiger partial charge is 0.450 e. The number of nitrogens with zero attached hydrogens (tertiary/aromatic N) is 2. The molecule has 96 valence electrons. The van der Waals surface area contributed by atoms with E-state index < -0.39 is 0 Å². The van der Waals surface area contributed by atoms with Crippen molar-refractivity contribution < 1.29 is 9.53 Å². The molecule has 5 nitrogen and oxygen atoms in total. The Bertz CT molecular complexity index is 336. The molecule has 1 heterocycles. The topological polar surface area (TPSA) is 56.1 Å². The number of rotatable bonds is 7. The Morgan fingerprint density at radius 2 is 2.35 bits per heavy atom. The molecule has 1 N–H and O–H groups in total. The molecule has 1 aromatic heterocycles. The van der Waals surface area contributed by atoms with E-state index in [1.54, 1.807) is 6.20 Å². The van der Waals surface area contributed by atoms with Crippen molar-refractivity contribution in [1.82, 2.24) is 14.9 Å². The van der Waals surface area contributed by atoms with Gasteiger partial charge < -0.3 is 14.6 Å². The van der Waals surface area contributed by atoms with Gasteiger partial charge in [-0.25, -0.2) is 9.78 Å². The molecule has 0 spiro atoms. The SMILES string of the molecule is CCCCOC(=O)NCCCn1ccnc1C. The second-order valence-electron chi connectivity index (χ2n) is 3.94. The first-order valence-electron chi connectivity index (χ1n) is 6.12. The number of aryl methyl sites for hydroxylation is 2. The molecule has 1 amide bonds. The van der Waals surface area contributed by atoms with Crippen LogP contribution in [0.1, 0.15) is 32.0 Å². The normalized spacial score (nSPS) is 10.2. The molecule has 0 fully saturated rings. The number of ether oxygens (including phenoxy) is 1. The average molecular weight is 239 g/mol. The monoisotopic (exact) mass is 239 g/mol. The zero-order valence-electron chi connectivity index (χ0n) is 10.6. The van der Waals surface area contributed by atoms with Crippen LogP contribution in [0.5, 0.6) is 0 Å². The van der Waals surface area contributed by atoms with E-state index in [1.807, 2.05) is 13.1 Å². The minimum atomic E-state index is -0.319. The summed E-state index contributed by atoms with van der Waals surface area (Å²) in [5.74, 6) is 0.996. The molecule has 1 aromatic rings. The molecule has 0 radical (unpaired) electrons. The molecular weight excluding hydrogens is 218 g/mol. The molecule has 0 aliphatic heterocycles. The van der Waals surface area contributed by atoms with Gasteiger partial charge in [-0.3, -0.25) is 0 Å². The number of nitrogens with one attached hydrogen (secondary N) is 1. The van der Waals surface area contributed by atoms with E-state index in [0.29, 0.717) is 13.2 Å². The van der Waals surface area contributed by atoms with Gasteiger partial charge in [0.05, 0.1) is 6.61 Å². The van der Waals surface area contributed by atoms with Crippen LogP contribution in [-0.2, 0) is 11.3 Å². The van der Waals surface area contributed by atoms with E-state index in [9.17, 15) is 4.79 Å². The first kappa shape index (κ1) is 13.5. The Kier molecular flexibility index (Phi) is 6.14. The van der Waals surface area contributed by atoms with Gasteiger partial charge in [-0.2, -0.15) is 0 Å². The predicted molar refractivity (Wildman–Crippen MR) is 65.8 cm³/mol. The zero-order chi connectivity index (χ0) is 12.5. The molecule has 5 heteroatoms. The van der Waals surface area contributed by atoms with E-state index in [0.717, 1.165) is 31.6 Å². The van der Waals surface area contributed by atoms with Crippen LogP contribution < -0.4 is 5.32 Å². The Labute approximate surface area is 102 Å². The number of alkyl carbamates (subject to hydrolysis) is 1. The zero-order valence-corrected chi connectivity index (χ0v) is 10.6. The lowest BCUT2D eigenvalue weighted by molar-refractivity contribution is 0.144. The van der Waals surface area contributed by atoms with Crippen LogP contribution >= 0.6 is 0 Å². The maximum atomic E-state index is 11.2. The molecule has 0 unspecified atom stereocenters. The highest BCUT2D eigenvalue weighted by Crippen LogP contribution is 1.96. The van der Waals surface area contributed by atoms with Crippen LogP contribution in [-0.4, -0.2) is 28.8 Å². The van der Waals surface area contributed by atoms with Crippen LogP contribution in [0.15, 0.2) is 12.4 Å². The van der Waals surface area contributed by atoms with Crippen LogP contribution in [0.25, 0.3) is 0 Å². The number of amides is 1. The maximum absolute atomic E-state index is 11.2. The Morgan fingerprint density at radius 1 is 1.53 bits per heavy atom. The molecule has 17 heavy (non-hydrogen) atoms. The van der Waals surface area contributed by atoms with Gasteiger partial charge in [0.2, 0.25) is 0 Å². The fourth-order valence-electron chi connectivity index (χ4n) is 1.44. The molecule has 0 saturated heterocycles. The molecule has 0 aliphatic rings. The van der Waals surface area contributed by atoms with Gasteiger partial charge in [-0.1, -0.05) is 13.3 Å². The molecular formula is C12H21N3O2. The van der Waals surface area contributed by atoms with Gasteiger partial charge in [0.1, 0.15) is 5.82 Å². The molecule has 0 atom stereocenters. The van der Waals surface area contributed by atoms with Gasteiger partial charge in [0, 0.05) is 25.5 Å². The van der Waals surface area contributed by atoms with Crippen LogP contribution in [0, 0.1) is 6.92 Å². The van der Waals surface area contributed by atoms with Gasteiger partial charge in [-0.05, 0) is 19.8 Å². The van der Waals surface area contributed by atoms with Crippen molar-refractivity contribution >= 4 is 6.09 Å². The van der Waals surface area contributed by atoms with Crippen molar-refractivity contribution in [2.75, 3.05) is 13.2 Å². The second kappa shape index (κ2) is 7.70. The van der Waals surface area contributed by atoms with Gasteiger partial charge in [0.15, 0.2) is 0 Å². The lowest BCUT2D eigenvalue weighted by atomic mass is 10.4. The van der Waals surface area contributed by atoms with Crippen molar-refractivity contribution in [1.29, 1.82) is 0 Å². The predicted octanol–water partition coefficient (Wildman–Crippen LogP) is 2.11. The Morgan fingerprint density at radius 3 is 3.00 bits per heavy atom. The van der Waals surface area contributed by atoms with Crippen molar-refractivity contribution in [3.8, 4) is 0 Å². The van der Waals surface area contributed by atoms with E-state index in [-0.39, 0.29) is 6.09 Å². The summed E-state index contributed by atoms with van der Waals surface area (Å²) < 4.78 is 7.03. The summed E-state index contributed by atoms with van der Waals surface area (Å²) in [5.41, 5.74) is 0. The maximum Gasteiger partial charge on any atom is 0.407 e. The summed E-state index contributed by atoms with van der Waals surface area (Å²) in [7, 11) is 0. The number of imidazole rings is 1. The van der Waals surface area contributed by atoms with E-state index in [4.69, 9.17) is 4.74 Å². The lowest BCUT2D eigenvalue weighted by Crippen LogP contribution is -2.26. The van der Waals surface area contributed by atoms with E-state index in [2.05, 4.69) is 21.8 Å². The van der Waals surface area contributed by atoms with Crippen LogP contribution in [0.3, 0.4) is 0 Å². The molecule has 0 saturated carbocycles. The fraction of sp³-hybridized carbons (Fsp3) is 0.667. The molecule has 0 aliphatic carbocycles. The van der Waals surface area contributed by atoms with Gasteiger partial charge in [-0.15, -0.1) is 0 Å². The quantitative estimate of drug-likeness (QED) is 0.741. The second-order valence-corrected chi connectivity index (χ2v) is 3.94. The van der Waals surface area contributed by atoms with Crippen molar-refractivity contribution in [3.63, 3.8) is 0 Å². The third-order valence-electron chi connectivity index (χ3n) is 2.50. The number of hydrogen-bond acceptors (Lipinski definition) is 3. The average Bonchev–Trinajstić information content (AvgIpc) is 2.71. The number of unbranched alkanes of at least 4 members (excludes halogenated alkanes) is 1. The summed E-state index contributed by atoms with van der Waals surface area (Å²) in [6, 6.07) is 0. The third kappa shape index (κ3) is 5.38. The van der Waals surface area contributed by atoms with E-state index >= 15 is 0 Å². The highest BCUT2D eigenvalue weighted by atomic mass is 16.5. The Hall–Kier alpha value is -1.52. The fourth-order valence-corrected chi connectivity index (χ4v) is 1.44. The summed E-state index contributed by atoms with van der Waals surface area (Å²) in [6.45, 7) is 6.02. The van der Waals surface area contributed by atoms with Crippen LogP contribution in [0.4, 0.5) is 4.79 Å². The number of carbonyl (C=O) groups is 1.